The molecule has 27 heavy (non-hydrogen) atoms. The van der Waals surface area contributed by atoms with Crippen molar-refractivity contribution in [3.05, 3.63) is 29.3 Å². The first-order valence-electron chi connectivity index (χ1n) is 8.32. The van der Waals surface area contributed by atoms with Crippen LogP contribution >= 0.6 is 36.2 Å². The Morgan fingerprint density at radius 3 is 2.70 bits per heavy atom. The summed E-state index contributed by atoms with van der Waals surface area (Å²) in [6.45, 7) is 5.04. The standard InChI is InChI=1S/C18H23N3O3S.2ClH/c1-11(2)13(19)6-7-21(3)18(22)14-9-25-17(20-14)12-4-5-15-16(8-12)24-10-23-15;;/h4-5,8-9,11,13H,6-7,10,19H2,1-3H3;2*1H. The van der Waals surface area contributed by atoms with Crippen LogP contribution in [0.3, 0.4) is 0 Å². The molecule has 6 nitrogen and oxygen atoms in total. The summed E-state index contributed by atoms with van der Waals surface area (Å²) in [5.74, 6) is 1.76. The number of thiazole rings is 1. The predicted molar refractivity (Wildman–Crippen MR) is 113 cm³/mol. The normalized spacial score (nSPS) is 12.9. The molecule has 1 atom stereocenters. The van der Waals surface area contributed by atoms with Gasteiger partial charge in [0.2, 0.25) is 6.79 Å². The second-order valence-corrected chi connectivity index (χ2v) is 7.39. The first-order valence-corrected chi connectivity index (χ1v) is 9.20. The molecule has 0 bridgehead atoms. The lowest BCUT2D eigenvalue weighted by molar-refractivity contribution is 0.0784. The lowest BCUT2D eigenvalue weighted by Crippen LogP contribution is -2.34. The molecule has 0 saturated carbocycles. The number of benzene rings is 1. The van der Waals surface area contributed by atoms with Gasteiger partial charge in [-0.1, -0.05) is 13.8 Å². The van der Waals surface area contributed by atoms with Crippen molar-refractivity contribution in [2.45, 2.75) is 26.3 Å². The monoisotopic (exact) mass is 433 g/mol. The van der Waals surface area contributed by atoms with E-state index in [0.717, 1.165) is 22.7 Å². The van der Waals surface area contributed by atoms with Crippen molar-refractivity contribution < 1.29 is 14.3 Å². The minimum Gasteiger partial charge on any atom is -0.454 e. The fraction of sp³-hybridized carbons (Fsp3) is 0.444. The number of hydrogen-bond acceptors (Lipinski definition) is 6. The molecule has 1 aliphatic heterocycles. The number of ether oxygens (including phenoxy) is 2. The van der Waals surface area contributed by atoms with Gasteiger partial charge < -0.3 is 20.1 Å². The van der Waals surface area contributed by atoms with Gasteiger partial charge in [0.25, 0.3) is 5.91 Å². The number of amides is 1. The molecular formula is C18H25Cl2N3O3S. The van der Waals surface area contributed by atoms with Gasteiger partial charge in [0.15, 0.2) is 11.5 Å². The lowest BCUT2D eigenvalue weighted by Gasteiger charge is -2.20. The van der Waals surface area contributed by atoms with E-state index in [4.69, 9.17) is 15.2 Å². The van der Waals surface area contributed by atoms with Crippen molar-refractivity contribution in [1.82, 2.24) is 9.88 Å². The van der Waals surface area contributed by atoms with Gasteiger partial charge in [-0.05, 0) is 30.5 Å². The van der Waals surface area contributed by atoms with Crippen LogP contribution in [0.25, 0.3) is 10.6 Å². The SMILES string of the molecule is CC(C)C(N)CCN(C)C(=O)c1csc(-c2ccc3c(c2)OCO3)n1.Cl.Cl. The first-order chi connectivity index (χ1) is 12.0. The Hall–Kier alpha value is -1.54. The van der Waals surface area contributed by atoms with Crippen LogP contribution in [0.15, 0.2) is 23.6 Å². The van der Waals surface area contributed by atoms with Gasteiger partial charge in [0.05, 0.1) is 0 Å². The van der Waals surface area contributed by atoms with E-state index in [9.17, 15) is 4.79 Å². The Balaban J connectivity index is 0.00000182. The average Bonchev–Trinajstić information content (AvgIpc) is 3.26. The summed E-state index contributed by atoms with van der Waals surface area (Å²) in [7, 11) is 1.79. The number of carbonyl (C=O) groups is 1. The van der Waals surface area contributed by atoms with Crippen molar-refractivity contribution in [3.8, 4) is 22.1 Å². The zero-order valence-electron chi connectivity index (χ0n) is 15.5. The number of carbonyl (C=O) groups excluding carboxylic acids is 1. The first kappa shape index (κ1) is 23.5. The zero-order chi connectivity index (χ0) is 18.0. The van der Waals surface area contributed by atoms with Crippen LogP contribution < -0.4 is 15.2 Å². The molecule has 2 N–H and O–H groups in total. The second-order valence-electron chi connectivity index (χ2n) is 6.53. The molecule has 0 spiro atoms. The largest absolute Gasteiger partial charge is 0.454 e. The van der Waals surface area contributed by atoms with Gasteiger partial charge in [-0.15, -0.1) is 36.2 Å². The Morgan fingerprint density at radius 1 is 1.30 bits per heavy atom. The molecule has 2 aromatic rings. The highest BCUT2D eigenvalue weighted by Gasteiger charge is 2.19. The molecule has 1 unspecified atom stereocenters. The van der Waals surface area contributed by atoms with Crippen LogP contribution in [0.2, 0.25) is 0 Å². The highest BCUT2D eigenvalue weighted by atomic mass is 35.5. The van der Waals surface area contributed by atoms with E-state index in [2.05, 4.69) is 18.8 Å². The minimum atomic E-state index is -0.0841. The number of nitrogens with two attached hydrogens (primary N) is 1. The summed E-state index contributed by atoms with van der Waals surface area (Å²) in [5, 5.41) is 2.58. The maximum absolute atomic E-state index is 12.5. The zero-order valence-corrected chi connectivity index (χ0v) is 18.0. The summed E-state index contributed by atoms with van der Waals surface area (Å²) in [6, 6.07) is 5.77. The highest BCUT2D eigenvalue weighted by Crippen LogP contribution is 2.36. The van der Waals surface area contributed by atoms with E-state index < -0.39 is 0 Å². The number of rotatable bonds is 6. The average molecular weight is 434 g/mol. The number of aromatic nitrogens is 1. The lowest BCUT2D eigenvalue weighted by atomic mass is 10.0. The smallest absolute Gasteiger partial charge is 0.273 e. The Morgan fingerprint density at radius 2 is 2.00 bits per heavy atom. The molecule has 0 fully saturated rings. The summed E-state index contributed by atoms with van der Waals surface area (Å²) in [4.78, 5) is 18.7. The van der Waals surface area contributed by atoms with Gasteiger partial charge in [-0.3, -0.25) is 4.79 Å². The van der Waals surface area contributed by atoms with Crippen molar-refractivity contribution in [2.24, 2.45) is 11.7 Å². The molecule has 9 heteroatoms. The van der Waals surface area contributed by atoms with Crippen LogP contribution in [0.5, 0.6) is 11.5 Å². The van der Waals surface area contributed by atoms with E-state index in [-0.39, 0.29) is 43.6 Å². The molecule has 1 aromatic carbocycles. The molecule has 0 aliphatic carbocycles. The molecule has 1 aromatic heterocycles. The molecule has 1 amide bonds. The van der Waals surface area contributed by atoms with Gasteiger partial charge in [0, 0.05) is 30.6 Å². The Kier molecular flexibility index (Phi) is 8.81. The fourth-order valence-corrected chi connectivity index (χ4v) is 3.30. The third-order valence-electron chi connectivity index (χ3n) is 4.34. The van der Waals surface area contributed by atoms with E-state index >= 15 is 0 Å². The summed E-state index contributed by atoms with van der Waals surface area (Å²) in [6.07, 6.45) is 0.777. The summed E-state index contributed by atoms with van der Waals surface area (Å²) < 4.78 is 10.7. The summed E-state index contributed by atoms with van der Waals surface area (Å²) in [5.41, 5.74) is 7.43. The highest BCUT2D eigenvalue weighted by molar-refractivity contribution is 7.13. The van der Waals surface area contributed by atoms with E-state index in [1.807, 2.05) is 18.2 Å². The van der Waals surface area contributed by atoms with E-state index in [1.165, 1.54) is 11.3 Å². The van der Waals surface area contributed by atoms with E-state index in [1.54, 1.807) is 17.3 Å². The predicted octanol–water partition coefficient (Wildman–Crippen LogP) is 3.83. The van der Waals surface area contributed by atoms with Crippen LogP contribution in [-0.2, 0) is 0 Å². The van der Waals surface area contributed by atoms with Crippen molar-refractivity contribution in [1.29, 1.82) is 0 Å². The molecular weight excluding hydrogens is 409 g/mol. The molecule has 0 saturated heterocycles. The van der Waals surface area contributed by atoms with Crippen LogP contribution in [0, 0.1) is 5.92 Å². The van der Waals surface area contributed by atoms with Crippen LogP contribution in [-0.4, -0.2) is 42.2 Å². The van der Waals surface area contributed by atoms with Crippen LogP contribution in [0.1, 0.15) is 30.8 Å². The maximum atomic E-state index is 12.5. The molecule has 3 rings (SSSR count). The maximum Gasteiger partial charge on any atom is 0.273 e. The number of halogens is 2. The topological polar surface area (TPSA) is 77.7 Å². The second kappa shape index (κ2) is 10.1. The molecule has 1 aliphatic rings. The van der Waals surface area contributed by atoms with Gasteiger partial charge in [-0.2, -0.15) is 0 Å². The van der Waals surface area contributed by atoms with Gasteiger partial charge in [-0.25, -0.2) is 4.98 Å². The minimum absolute atomic E-state index is 0. The molecule has 0 radical (unpaired) electrons. The third-order valence-corrected chi connectivity index (χ3v) is 5.24. The Labute approximate surface area is 175 Å². The molecule has 150 valence electrons. The third kappa shape index (κ3) is 5.48. The number of nitrogens with zero attached hydrogens (tertiary/aromatic N) is 2. The Bertz CT molecular complexity index is 770. The fourth-order valence-electron chi connectivity index (χ4n) is 2.51. The molecule has 2 heterocycles. The number of hydrogen-bond donors (Lipinski definition) is 1. The van der Waals surface area contributed by atoms with Gasteiger partial charge >= 0.3 is 0 Å². The van der Waals surface area contributed by atoms with E-state index in [0.29, 0.717) is 23.9 Å². The summed E-state index contributed by atoms with van der Waals surface area (Å²) >= 11 is 1.44. The van der Waals surface area contributed by atoms with Crippen molar-refractivity contribution in [3.63, 3.8) is 0 Å². The van der Waals surface area contributed by atoms with Crippen molar-refractivity contribution >= 4 is 42.1 Å². The quantitative estimate of drug-likeness (QED) is 0.748. The van der Waals surface area contributed by atoms with Crippen molar-refractivity contribution in [2.75, 3.05) is 20.4 Å². The van der Waals surface area contributed by atoms with Crippen LogP contribution in [0.4, 0.5) is 0 Å². The van der Waals surface area contributed by atoms with Gasteiger partial charge in [0.1, 0.15) is 10.7 Å². The number of fused-ring (bicyclic) bond motifs is 1.